The van der Waals surface area contributed by atoms with Crippen molar-refractivity contribution < 1.29 is 9.84 Å². The summed E-state index contributed by atoms with van der Waals surface area (Å²) in [6.45, 7) is 4.40. The SMILES string of the molecule is Cc1cc(OCc2ccc(CO)cc2)nnc1C. The van der Waals surface area contributed by atoms with Gasteiger partial charge in [-0.25, -0.2) is 0 Å². The normalized spacial score (nSPS) is 10.4. The fraction of sp³-hybridized carbons (Fsp3) is 0.286. The summed E-state index contributed by atoms with van der Waals surface area (Å²) < 4.78 is 5.57. The van der Waals surface area contributed by atoms with Crippen molar-refractivity contribution in [3.63, 3.8) is 0 Å². The van der Waals surface area contributed by atoms with Gasteiger partial charge in [0.15, 0.2) is 0 Å². The monoisotopic (exact) mass is 244 g/mol. The molecular formula is C14H16N2O2. The minimum Gasteiger partial charge on any atom is -0.472 e. The third-order valence-electron chi connectivity index (χ3n) is 2.80. The largest absolute Gasteiger partial charge is 0.472 e. The molecule has 2 rings (SSSR count). The molecule has 0 aliphatic rings. The van der Waals surface area contributed by atoms with E-state index in [1.807, 2.05) is 44.2 Å². The number of aryl methyl sites for hydroxylation is 2. The molecular weight excluding hydrogens is 228 g/mol. The first kappa shape index (κ1) is 12.5. The molecule has 0 amide bonds. The number of rotatable bonds is 4. The summed E-state index contributed by atoms with van der Waals surface area (Å²) in [5.41, 5.74) is 3.90. The summed E-state index contributed by atoms with van der Waals surface area (Å²) in [6, 6.07) is 9.50. The summed E-state index contributed by atoms with van der Waals surface area (Å²) in [5, 5.41) is 16.9. The van der Waals surface area contributed by atoms with Crippen LogP contribution < -0.4 is 4.74 Å². The molecule has 0 spiro atoms. The fourth-order valence-electron chi connectivity index (χ4n) is 1.49. The number of nitrogens with zero attached hydrogens (tertiary/aromatic N) is 2. The fourth-order valence-corrected chi connectivity index (χ4v) is 1.49. The molecule has 0 unspecified atom stereocenters. The van der Waals surface area contributed by atoms with Gasteiger partial charge in [0, 0.05) is 6.07 Å². The second kappa shape index (κ2) is 5.60. The Morgan fingerprint density at radius 2 is 1.72 bits per heavy atom. The average molecular weight is 244 g/mol. The van der Waals surface area contributed by atoms with E-state index in [1.165, 1.54) is 0 Å². The summed E-state index contributed by atoms with van der Waals surface area (Å²) in [5.74, 6) is 0.532. The van der Waals surface area contributed by atoms with Crippen molar-refractivity contribution in [1.29, 1.82) is 0 Å². The Labute approximate surface area is 106 Å². The van der Waals surface area contributed by atoms with Crippen LogP contribution in [0, 0.1) is 13.8 Å². The maximum Gasteiger partial charge on any atom is 0.233 e. The highest BCUT2D eigenvalue weighted by molar-refractivity contribution is 5.24. The molecule has 0 fully saturated rings. The first-order valence-corrected chi connectivity index (χ1v) is 5.81. The molecule has 18 heavy (non-hydrogen) atoms. The molecule has 1 aromatic heterocycles. The van der Waals surface area contributed by atoms with Crippen LogP contribution in [0.5, 0.6) is 5.88 Å². The zero-order valence-corrected chi connectivity index (χ0v) is 10.6. The van der Waals surface area contributed by atoms with Crippen LogP contribution >= 0.6 is 0 Å². The van der Waals surface area contributed by atoms with Crippen molar-refractivity contribution in [1.82, 2.24) is 10.2 Å². The number of aliphatic hydroxyl groups is 1. The van der Waals surface area contributed by atoms with Gasteiger partial charge in [-0.1, -0.05) is 24.3 Å². The van der Waals surface area contributed by atoms with Crippen LogP contribution in [0.3, 0.4) is 0 Å². The molecule has 0 aliphatic carbocycles. The molecule has 0 radical (unpaired) electrons. The van der Waals surface area contributed by atoms with E-state index in [1.54, 1.807) is 0 Å². The van der Waals surface area contributed by atoms with E-state index >= 15 is 0 Å². The first-order chi connectivity index (χ1) is 8.69. The van der Waals surface area contributed by atoms with Gasteiger partial charge in [-0.05, 0) is 30.5 Å². The van der Waals surface area contributed by atoms with Gasteiger partial charge in [0.05, 0.1) is 12.3 Å². The van der Waals surface area contributed by atoms with Gasteiger partial charge in [-0.3, -0.25) is 0 Å². The highest BCUT2D eigenvalue weighted by atomic mass is 16.5. The molecule has 0 atom stereocenters. The van der Waals surface area contributed by atoms with Gasteiger partial charge in [0.25, 0.3) is 0 Å². The molecule has 0 saturated carbocycles. The van der Waals surface area contributed by atoms with Crippen molar-refractivity contribution in [2.75, 3.05) is 0 Å². The van der Waals surface area contributed by atoms with Crippen molar-refractivity contribution >= 4 is 0 Å². The van der Waals surface area contributed by atoms with Gasteiger partial charge < -0.3 is 9.84 Å². The second-order valence-electron chi connectivity index (χ2n) is 4.21. The molecule has 1 heterocycles. The van der Waals surface area contributed by atoms with E-state index in [4.69, 9.17) is 9.84 Å². The van der Waals surface area contributed by atoms with Crippen LogP contribution in [0.25, 0.3) is 0 Å². The lowest BCUT2D eigenvalue weighted by Crippen LogP contribution is -2.00. The Morgan fingerprint density at radius 1 is 1.06 bits per heavy atom. The number of hydrogen-bond acceptors (Lipinski definition) is 4. The van der Waals surface area contributed by atoms with Crippen LogP contribution in [0.1, 0.15) is 22.4 Å². The van der Waals surface area contributed by atoms with Crippen LogP contribution in [0.2, 0.25) is 0 Å². The summed E-state index contributed by atoms with van der Waals surface area (Å²) >= 11 is 0. The van der Waals surface area contributed by atoms with Crippen LogP contribution in [-0.2, 0) is 13.2 Å². The van der Waals surface area contributed by atoms with Crippen LogP contribution in [0.4, 0.5) is 0 Å². The highest BCUT2D eigenvalue weighted by Crippen LogP contribution is 2.12. The minimum atomic E-state index is 0.0593. The first-order valence-electron chi connectivity index (χ1n) is 5.81. The number of aliphatic hydroxyl groups excluding tert-OH is 1. The van der Waals surface area contributed by atoms with Gasteiger partial charge >= 0.3 is 0 Å². The van der Waals surface area contributed by atoms with Crippen molar-refractivity contribution in [2.24, 2.45) is 0 Å². The third-order valence-corrected chi connectivity index (χ3v) is 2.80. The molecule has 4 heteroatoms. The molecule has 94 valence electrons. The van der Waals surface area contributed by atoms with E-state index < -0.39 is 0 Å². The quantitative estimate of drug-likeness (QED) is 0.895. The smallest absolute Gasteiger partial charge is 0.233 e. The number of benzene rings is 1. The molecule has 1 aromatic carbocycles. The molecule has 1 N–H and O–H groups in total. The maximum absolute atomic E-state index is 8.94. The lowest BCUT2D eigenvalue weighted by molar-refractivity contribution is 0.280. The second-order valence-corrected chi connectivity index (χ2v) is 4.21. The van der Waals surface area contributed by atoms with E-state index in [-0.39, 0.29) is 6.61 Å². The highest BCUT2D eigenvalue weighted by Gasteiger charge is 2.01. The minimum absolute atomic E-state index is 0.0593. The maximum atomic E-state index is 8.94. The van der Waals surface area contributed by atoms with E-state index in [0.717, 1.165) is 22.4 Å². The Hall–Kier alpha value is -1.94. The van der Waals surface area contributed by atoms with E-state index in [9.17, 15) is 0 Å². The van der Waals surface area contributed by atoms with Gasteiger partial charge in [-0.15, -0.1) is 5.10 Å². The van der Waals surface area contributed by atoms with Crippen LogP contribution in [0.15, 0.2) is 30.3 Å². The standard InChI is InChI=1S/C14H16N2O2/c1-10-7-14(16-15-11(10)2)18-9-13-5-3-12(8-17)4-6-13/h3-7,17H,8-9H2,1-2H3. The number of hydrogen-bond donors (Lipinski definition) is 1. The van der Waals surface area contributed by atoms with E-state index in [0.29, 0.717) is 12.5 Å². The van der Waals surface area contributed by atoms with E-state index in [2.05, 4.69) is 10.2 Å². The third kappa shape index (κ3) is 3.05. The molecule has 4 nitrogen and oxygen atoms in total. The van der Waals surface area contributed by atoms with Gasteiger partial charge in [0.2, 0.25) is 5.88 Å². The predicted molar refractivity (Wildman–Crippen MR) is 68.2 cm³/mol. The summed E-state index contributed by atoms with van der Waals surface area (Å²) in [4.78, 5) is 0. The molecule has 2 aromatic rings. The van der Waals surface area contributed by atoms with Gasteiger partial charge in [0.1, 0.15) is 6.61 Å². The van der Waals surface area contributed by atoms with Crippen LogP contribution in [-0.4, -0.2) is 15.3 Å². The molecule has 0 aliphatic heterocycles. The number of ether oxygens (including phenoxy) is 1. The summed E-state index contributed by atoms with van der Waals surface area (Å²) in [7, 11) is 0. The van der Waals surface area contributed by atoms with Crippen molar-refractivity contribution in [3.8, 4) is 5.88 Å². The summed E-state index contributed by atoms with van der Waals surface area (Å²) in [6.07, 6.45) is 0. The Morgan fingerprint density at radius 3 is 2.33 bits per heavy atom. The molecule has 0 bridgehead atoms. The predicted octanol–water partition coefficient (Wildman–Crippen LogP) is 2.16. The Bertz CT molecular complexity index is 524. The van der Waals surface area contributed by atoms with Crippen molar-refractivity contribution in [3.05, 3.63) is 52.7 Å². The lowest BCUT2D eigenvalue weighted by atomic mass is 10.1. The van der Waals surface area contributed by atoms with Crippen molar-refractivity contribution in [2.45, 2.75) is 27.1 Å². The topological polar surface area (TPSA) is 55.2 Å². The Balaban J connectivity index is 1.99. The van der Waals surface area contributed by atoms with Gasteiger partial charge in [-0.2, -0.15) is 5.10 Å². The lowest BCUT2D eigenvalue weighted by Gasteiger charge is -2.06. The zero-order chi connectivity index (χ0) is 13.0. The Kier molecular flexibility index (Phi) is 3.89. The average Bonchev–Trinajstić information content (AvgIpc) is 2.41. The zero-order valence-electron chi connectivity index (χ0n) is 10.6. The molecule has 0 saturated heterocycles. The number of aromatic nitrogens is 2.